The third-order valence-electron chi connectivity index (χ3n) is 1.80. The van der Waals surface area contributed by atoms with Gasteiger partial charge in [-0.3, -0.25) is 0 Å². The van der Waals surface area contributed by atoms with Crippen LogP contribution in [0.2, 0.25) is 0 Å². The molecule has 0 aromatic heterocycles. The zero-order chi connectivity index (χ0) is 9.52. The minimum Gasteiger partial charge on any atom is -0.462 e. The van der Waals surface area contributed by atoms with Crippen molar-refractivity contribution < 1.29 is 9.53 Å². The van der Waals surface area contributed by atoms with Crippen LogP contribution in [0.4, 0.5) is 0 Å². The Bertz CT molecular complexity index is 268. The van der Waals surface area contributed by atoms with Crippen molar-refractivity contribution in [1.82, 2.24) is 0 Å². The number of unbranched alkanes of at least 4 members (excludes halogenated alkanes) is 2. The summed E-state index contributed by atoms with van der Waals surface area (Å²) in [6.45, 7) is 2.64. The Morgan fingerprint density at radius 2 is 2.38 bits per heavy atom. The van der Waals surface area contributed by atoms with Crippen molar-refractivity contribution in [2.24, 2.45) is 0 Å². The zero-order valence-corrected chi connectivity index (χ0v) is 7.88. The second-order valence-electron chi connectivity index (χ2n) is 2.93. The van der Waals surface area contributed by atoms with Gasteiger partial charge in [-0.2, -0.15) is 0 Å². The van der Waals surface area contributed by atoms with Crippen LogP contribution in [0.3, 0.4) is 0 Å². The maximum Gasteiger partial charge on any atom is 0.346 e. The summed E-state index contributed by atoms with van der Waals surface area (Å²) in [5.41, 5.74) is 3.33. The fourth-order valence-electron chi connectivity index (χ4n) is 1.05. The topological polar surface area (TPSA) is 26.3 Å². The van der Waals surface area contributed by atoms with Crippen molar-refractivity contribution in [2.45, 2.75) is 26.2 Å². The molecule has 0 radical (unpaired) electrons. The molecule has 0 atom stereocenters. The molecule has 0 amide bonds. The molecule has 0 heterocycles. The van der Waals surface area contributed by atoms with Crippen LogP contribution in [0, 0.1) is 0 Å². The molecule has 0 aromatic rings. The average molecular weight is 178 g/mol. The van der Waals surface area contributed by atoms with Crippen LogP contribution >= 0.6 is 0 Å². The molecule has 0 unspecified atom stereocenters. The van der Waals surface area contributed by atoms with E-state index in [1.54, 1.807) is 18.2 Å². The van der Waals surface area contributed by atoms with Gasteiger partial charge in [0.25, 0.3) is 0 Å². The lowest BCUT2D eigenvalue weighted by Crippen LogP contribution is -2.06. The number of ether oxygens (including phenoxy) is 1. The van der Waals surface area contributed by atoms with E-state index in [2.05, 4.69) is 12.7 Å². The Kier molecular flexibility index (Phi) is 4.07. The van der Waals surface area contributed by atoms with Crippen LogP contribution in [0.5, 0.6) is 0 Å². The molecule has 0 aromatic carbocycles. The van der Waals surface area contributed by atoms with E-state index < -0.39 is 0 Å². The number of carbonyl (C=O) groups excluding carboxylic acids is 1. The molecule has 0 bridgehead atoms. The predicted molar refractivity (Wildman–Crippen MR) is 51.2 cm³/mol. The molecule has 0 saturated heterocycles. The van der Waals surface area contributed by atoms with E-state index in [9.17, 15) is 4.79 Å². The van der Waals surface area contributed by atoms with Gasteiger partial charge in [-0.1, -0.05) is 25.8 Å². The van der Waals surface area contributed by atoms with Crippen LogP contribution in [0.1, 0.15) is 26.2 Å². The van der Waals surface area contributed by atoms with Crippen LogP contribution < -0.4 is 0 Å². The quantitative estimate of drug-likeness (QED) is 0.367. The van der Waals surface area contributed by atoms with E-state index in [1.165, 1.54) is 0 Å². The number of esters is 1. The summed E-state index contributed by atoms with van der Waals surface area (Å²) < 4.78 is 5.02. The summed E-state index contributed by atoms with van der Waals surface area (Å²) >= 11 is 0. The summed E-state index contributed by atoms with van der Waals surface area (Å²) in [4.78, 5) is 11.2. The number of rotatable bonds is 5. The zero-order valence-electron chi connectivity index (χ0n) is 7.88. The second-order valence-corrected chi connectivity index (χ2v) is 2.93. The lowest BCUT2D eigenvalue weighted by atomic mass is 10.2. The maximum absolute atomic E-state index is 11.2. The normalized spacial score (nSPS) is 13.2. The number of carbonyl (C=O) groups is 1. The molecule has 2 heteroatoms. The van der Waals surface area contributed by atoms with E-state index in [1.807, 2.05) is 0 Å². The third-order valence-corrected chi connectivity index (χ3v) is 1.80. The average Bonchev–Trinajstić information content (AvgIpc) is 2.65. The first-order chi connectivity index (χ1) is 6.34. The van der Waals surface area contributed by atoms with Gasteiger partial charge in [0.05, 0.1) is 6.61 Å². The van der Waals surface area contributed by atoms with Crippen LogP contribution in [-0.2, 0) is 9.53 Å². The van der Waals surface area contributed by atoms with Crippen molar-refractivity contribution in [2.75, 3.05) is 6.61 Å². The van der Waals surface area contributed by atoms with Crippen molar-refractivity contribution in [1.29, 1.82) is 0 Å². The molecule has 0 saturated carbocycles. The van der Waals surface area contributed by atoms with Crippen molar-refractivity contribution in [3.8, 4) is 0 Å². The number of allylic oxidation sites excluding steroid dienone is 1. The highest BCUT2D eigenvalue weighted by atomic mass is 16.5. The van der Waals surface area contributed by atoms with Gasteiger partial charge < -0.3 is 4.74 Å². The highest BCUT2D eigenvalue weighted by Gasteiger charge is 2.07. The molecule has 0 aliphatic heterocycles. The van der Waals surface area contributed by atoms with Gasteiger partial charge in [0.1, 0.15) is 5.57 Å². The Labute approximate surface area is 78.6 Å². The molecule has 0 fully saturated rings. The largest absolute Gasteiger partial charge is 0.462 e. The lowest BCUT2D eigenvalue weighted by Gasteiger charge is -2.01. The second kappa shape index (κ2) is 5.39. The summed E-state index contributed by atoms with van der Waals surface area (Å²) in [5, 5.41) is 0. The highest BCUT2D eigenvalue weighted by molar-refractivity contribution is 5.92. The van der Waals surface area contributed by atoms with Gasteiger partial charge in [0.2, 0.25) is 0 Å². The standard InChI is InChI=1S/C11H14O2/c1-2-3-6-9-13-11(12)10-7-4-5-8-10/h4-5,7H,2-3,6,9H2,1H3. The molecular weight excluding hydrogens is 164 g/mol. The van der Waals surface area contributed by atoms with E-state index in [0.29, 0.717) is 12.2 Å². The van der Waals surface area contributed by atoms with Crippen LogP contribution in [0.15, 0.2) is 29.5 Å². The van der Waals surface area contributed by atoms with Crippen molar-refractivity contribution in [3.05, 3.63) is 29.5 Å². The SMILES string of the molecule is CCCCCOC(=O)C1=C=CC=C1. The molecule has 1 rings (SSSR count). The molecule has 1 aliphatic rings. The molecule has 70 valence electrons. The molecule has 0 N–H and O–H groups in total. The maximum atomic E-state index is 11.2. The fraction of sp³-hybridized carbons (Fsp3) is 0.455. The van der Waals surface area contributed by atoms with Crippen LogP contribution in [-0.4, -0.2) is 12.6 Å². The van der Waals surface area contributed by atoms with E-state index >= 15 is 0 Å². The summed E-state index contributed by atoms with van der Waals surface area (Å²) in [5.74, 6) is -0.263. The minimum absolute atomic E-state index is 0.263. The van der Waals surface area contributed by atoms with Gasteiger partial charge in [-0.05, 0) is 18.6 Å². The Balaban J connectivity index is 2.19. The van der Waals surface area contributed by atoms with Gasteiger partial charge in [0.15, 0.2) is 0 Å². The summed E-state index contributed by atoms with van der Waals surface area (Å²) in [6.07, 6.45) is 8.40. The monoisotopic (exact) mass is 178 g/mol. The molecule has 0 spiro atoms. The lowest BCUT2D eigenvalue weighted by molar-refractivity contribution is -0.138. The predicted octanol–water partition coefficient (Wildman–Crippen LogP) is 2.37. The summed E-state index contributed by atoms with van der Waals surface area (Å²) in [7, 11) is 0. The van der Waals surface area contributed by atoms with E-state index in [0.717, 1.165) is 19.3 Å². The van der Waals surface area contributed by atoms with E-state index in [-0.39, 0.29) is 5.97 Å². The summed E-state index contributed by atoms with van der Waals surface area (Å²) in [6, 6.07) is 0. The first kappa shape index (κ1) is 9.82. The number of hydrogen-bond donors (Lipinski definition) is 0. The highest BCUT2D eigenvalue weighted by Crippen LogP contribution is 2.05. The van der Waals surface area contributed by atoms with Gasteiger partial charge in [0, 0.05) is 0 Å². The van der Waals surface area contributed by atoms with E-state index in [4.69, 9.17) is 4.74 Å². The minimum atomic E-state index is -0.263. The Hall–Kier alpha value is -1.27. The number of hydrogen-bond acceptors (Lipinski definition) is 2. The molecule has 2 nitrogen and oxygen atoms in total. The Morgan fingerprint density at radius 1 is 1.54 bits per heavy atom. The van der Waals surface area contributed by atoms with Gasteiger partial charge in [-0.25, -0.2) is 4.79 Å². The van der Waals surface area contributed by atoms with Gasteiger partial charge >= 0.3 is 5.97 Å². The van der Waals surface area contributed by atoms with Gasteiger partial charge in [-0.15, -0.1) is 5.73 Å². The molecular formula is C11H14O2. The first-order valence-electron chi connectivity index (χ1n) is 4.65. The Morgan fingerprint density at radius 3 is 3.00 bits per heavy atom. The van der Waals surface area contributed by atoms with Crippen molar-refractivity contribution >= 4 is 5.97 Å². The molecule has 13 heavy (non-hydrogen) atoms. The first-order valence-corrected chi connectivity index (χ1v) is 4.65. The third kappa shape index (κ3) is 3.30. The fourth-order valence-corrected chi connectivity index (χ4v) is 1.05. The van der Waals surface area contributed by atoms with Crippen molar-refractivity contribution in [3.63, 3.8) is 0 Å². The molecule has 1 aliphatic carbocycles. The van der Waals surface area contributed by atoms with Crippen LogP contribution in [0.25, 0.3) is 0 Å². The smallest absolute Gasteiger partial charge is 0.346 e.